The van der Waals surface area contributed by atoms with Crippen LogP contribution in [0.2, 0.25) is 0 Å². The van der Waals surface area contributed by atoms with Crippen LogP contribution in [-0.4, -0.2) is 29.2 Å². The molecule has 0 aliphatic carbocycles. The van der Waals surface area contributed by atoms with Crippen LogP contribution in [0.1, 0.15) is 25.8 Å². The first-order valence-electron chi connectivity index (χ1n) is 6.02. The van der Waals surface area contributed by atoms with Crippen LogP contribution < -0.4 is 0 Å². The molecule has 1 aromatic rings. The largest absolute Gasteiger partial charge is 0.391 e. The second-order valence-corrected chi connectivity index (χ2v) is 5.48. The van der Waals surface area contributed by atoms with Crippen LogP contribution >= 0.6 is 0 Å². The third-order valence-electron chi connectivity index (χ3n) is 3.65. The van der Waals surface area contributed by atoms with Crippen molar-refractivity contribution < 1.29 is 5.11 Å². The van der Waals surface area contributed by atoms with Crippen LogP contribution in [0.15, 0.2) is 30.3 Å². The van der Waals surface area contributed by atoms with Crippen LogP contribution in [0, 0.1) is 5.41 Å². The lowest BCUT2D eigenvalue weighted by Crippen LogP contribution is -2.47. The topological polar surface area (TPSA) is 23.5 Å². The SMILES string of the molecule is CC1(C)CCN(Cc2ccccc2)CC1O. The molecule has 1 heterocycles. The number of β-amino-alcohol motifs (C(OH)–C–C–N with tert-alkyl or cyclic N) is 1. The van der Waals surface area contributed by atoms with Gasteiger partial charge >= 0.3 is 0 Å². The molecule has 1 aliphatic rings. The monoisotopic (exact) mass is 219 g/mol. The fourth-order valence-electron chi connectivity index (χ4n) is 2.18. The van der Waals surface area contributed by atoms with E-state index >= 15 is 0 Å². The molecule has 2 rings (SSSR count). The average molecular weight is 219 g/mol. The van der Waals surface area contributed by atoms with Gasteiger partial charge in [0.05, 0.1) is 6.10 Å². The molecule has 0 spiro atoms. The highest BCUT2D eigenvalue weighted by Gasteiger charge is 2.33. The van der Waals surface area contributed by atoms with Crippen LogP contribution in [0.3, 0.4) is 0 Å². The minimum absolute atomic E-state index is 0.0766. The molecule has 88 valence electrons. The highest BCUT2D eigenvalue weighted by atomic mass is 16.3. The number of hydrogen-bond donors (Lipinski definition) is 1. The lowest BCUT2D eigenvalue weighted by molar-refractivity contribution is -0.0278. The molecule has 1 atom stereocenters. The fraction of sp³-hybridized carbons (Fsp3) is 0.571. The Morgan fingerprint density at radius 3 is 2.62 bits per heavy atom. The van der Waals surface area contributed by atoms with E-state index in [2.05, 4.69) is 43.0 Å². The number of hydrogen-bond acceptors (Lipinski definition) is 2. The normalized spacial score (nSPS) is 25.6. The summed E-state index contributed by atoms with van der Waals surface area (Å²) in [5.41, 5.74) is 1.40. The Balaban J connectivity index is 1.94. The van der Waals surface area contributed by atoms with Crippen molar-refractivity contribution in [3.05, 3.63) is 35.9 Å². The molecule has 1 fully saturated rings. The maximum absolute atomic E-state index is 10.0. The third kappa shape index (κ3) is 2.63. The van der Waals surface area contributed by atoms with Crippen LogP contribution in [-0.2, 0) is 6.54 Å². The fourth-order valence-corrected chi connectivity index (χ4v) is 2.18. The van der Waals surface area contributed by atoms with Gasteiger partial charge < -0.3 is 5.11 Å². The summed E-state index contributed by atoms with van der Waals surface area (Å²) in [4.78, 5) is 2.34. The quantitative estimate of drug-likeness (QED) is 0.825. The first kappa shape index (κ1) is 11.6. The molecule has 0 amide bonds. The molecule has 0 saturated carbocycles. The van der Waals surface area contributed by atoms with E-state index in [4.69, 9.17) is 0 Å². The van der Waals surface area contributed by atoms with E-state index in [1.165, 1.54) is 5.56 Å². The van der Waals surface area contributed by atoms with Gasteiger partial charge in [-0.2, -0.15) is 0 Å². The Bertz CT molecular complexity index is 334. The number of likely N-dealkylation sites (tertiary alicyclic amines) is 1. The second-order valence-electron chi connectivity index (χ2n) is 5.48. The Morgan fingerprint density at radius 1 is 1.31 bits per heavy atom. The van der Waals surface area contributed by atoms with Crippen molar-refractivity contribution in [3.63, 3.8) is 0 Å². The maximum Gasteiger partial charge on any atom is 0.0718 e. The van der Waals surface area contributed by atoms with E-state index in [9.17, 15) is 5.11 Å². The predicted octanol–water partition coefficient (Wildman–Crippen LogP) is 2.28. The molecule has 1 aliphatic heterocycles. The van der Waals surface area contributed by atoms with Crippen molar-refractivity contribution in [2.45, 2.75) is 32.9 Å². The Hall–Kier alpha value is -0.860. The van der Waals surface area contributed by atoms with Gasteiger partial charge in [0.1, 0.15) is 0 Å². The standard InChI is InChI=1S/C14H21NO/c1-14(2)8-9-15(11-13(14)16)10-12-6-4-3-5-7-12/h3-7,13,16H,8-11H2,1-2H3. The molecule has 0 radical (unpaired) electrons. The lowest BCUT2D eigenvalue weighted by atomic mass is 9.80. The van der Waals surface area contributed by atoms with Crippen molar-refractivity contribution in [1.29, 1.82) is 0 Å². The first-order valence-corrected chi connectivity index (χ1v) is 6.02. The molecule has 1 aromatic carbocycles. The van der Waals surface area contributed by atoms with Crippen LogP contribution in [0.5, 0.6) is 0 Å². The van der Waals surface area contributed by atoms with Gasteiger partial charge in [-0.3, -0.25) is 4.90 Å². The van der Waals surface area contributed by atoms with Crippen molar-refractivity contribution >= 4 is 0 Å². The Labute approximate surface area is 97.9 Å². The predicted molar refractivity (Wildman–Crippen MR) is 66.1 cm³/mol. The molecule has 16 heavy (non-hydrogen) atoms. The molecule has 1 N–H and O–H groups in total. The Morgan fingerprint density at radius 2 is 2.00 bits per heavy atom. The summed E-state index contributed by atoms with van der Waals surface area (Å²) in [6.45, 7) is 7.13. The molecular formula is C14H21NO. The summed E-state index contributed by atoms with van der Waals surface area (Å²) in [6, 6.07) is 10.5. The average Bonchev–Trinajstić information content (AvgIpc) is 2.26. The lowest BCUT2D eigenvalue weighted by Gasteiger charge is -2.41. The van der Waals surface area contributed by atoms with Gasteiger partial charge in [-0.05, 0) is 23.9 Å². The smallest absolute Gasteiger partial charge is 0.0718 e. The van der Waals surface area contributed by atoms with Gasteiger partial charge in [0, 0.05) is 13.1 Å². The number of aliphatic hydroxyl groups is 1. The second kappa shape index (κ2) is 4.56. The summed E-state index contributed by atoms with van der Waals surface area (Å²) in [7, 11) is 0. The summed E-state index contributed by atoms with van der Waals surface area (Å²) >= 11 is 0. The van der Waals surface area contributed by atoms with Gasteiger partial charge in [-0.1, -0.05) is 44.2 Å². The summed E-state index contributed by atoms with van der Waals surface area (Å²) in [5, 5.41) is 10.0. The van der Waals surface area contributed by atoms with Crippen LogP contribution in [0.25, 0.3) is 0 Å². The minimum Gasteiger partial charge on any atom is -0.391 e. The van der Waals surface area contributed by atoms with E-state index in [0.717, 1.165) is 26.1 Å². The highest BCUT2D eigenvalue weighted by Crippen LogP contribution is 2.30. The third-order valence-corrected chi connectivity index (χ3v) is 3.65. The molecule has 0 aromatic heterocycles. The maximum atomic E-state index is 10.0. The molecule has 1 saturated heterocycles. The number of nitrogens with zero attached hydrogens (tertiary/aromatic N) is 1. The molecular weight excluding hydrogens is 198 g/mol. The number of aliphatic hydroxyl groups excluding tert-OH is 1. The van der Waals surface area contributed by atoms with E-state index in [-0.39, 0.29) is 11.5 Å². The first-order chi connectivity index (χ1) is 7.58. The van der Waals surface area contributed by atoms with Crippen molar-refractivity contribution in [2.24, 2.45) is 5.41 Å². The van der Waals surface area contributed by atoms with Crippen molar-refractivity contribution in [1.82, 2.24) is 4.90 Å². The van der Waals surface area contributed by atoms with Crippen LogP contribution in [0.4, 0.5) is 0 Å². The van der Waals surface area contributed by atoms with E-state index in [1.807, 2.05) is 6.07 Å². The van der Waals surface area contributed by atoms with Gasteiger partial charge in [-0.15, -0.1) is 0 Å². The molecule has 2 nitrogen and oxygen atoms in total. The molecule has 1 unspecified atom stereocenters. The molecule has 0 bridgehead atoms. The number of piperidine rings is 1. The van der Waals surface area contributed by atoms with Gasteiger partial charge in [-0.25, -0.2) is 0 Å². The zero-order chi connectivity index (χ0) is 11.6. The van der Waals surface area contributed by atoms with E-state index < -0.39 is 0 Å². The summed E-state index contributed by atoms with van der Waals surface area (Å²) < 4.78 is 0. The van der Waals surface area contributed by atoms with Crippen molar-refractivity contribution in [2.75, 3.05) is 13.1 Å². The highest BCUT2D eigenvalue weighted by molar-refractivity contribution is 5.14. The number of rotatable bonds is 2. The zero-order valence-electron chi connectivity index (χ0n) is 10.2. The summed E-state index contributed by atoms with van der Waals surface area (Å²) in [5.74, 6) is 0. The van der Waals surface area contributed by atoms with Gasteiger partial charge in [0.2, 0.25) is 0 Å². The van der Waals surface area contributed by atoms with Crippen molar-refractivity contribution in [3.8, 4) is 0 Å². The van der Waals surface area contributed by atoms with E-state index in [0.29, 0.717) is 0 Å². The summed E-state index contributed by atoms with van der Waals surface area (Å²) in [6.07, 6.45) is 0.867. The minimum atomic E-state index is -0.204. The van der Waals surface area contributed by atoms with Gasteiger partial charge in [0.25, 0.3) is 0 Å². The van der Waals surface area contributed by atoms with E-state index in [1.54, 1.807) is 0 Å². The Kier molecular flexibility index (Phi) is 3.31. The number of benzene rings is 1. The molecule has 2 heteroatoms. The van der Waals surface area contributed by atoms with Gasteiger partial charge in [0.15, 0.2) is 0 Å². The zero-order valence-corrected chi connectivity index (χ0v) is 10.2.